The van der Waals surface area contributed by atoms with Crippen LogP contribution in [0.1, 0.15) is 59.2 Å². The van der Waals surface area contributed by atoms with Crippen molar-refractivity contribution in [2.45, 2.75) is 78.6 Å². The third-order valence-corrected chi connectivity index (χ3v) is 7.75. The predicted molar refractivity (Wildman–Crippen MR) is 147 cm³/mol. The molecule has 0 amide bonds. The molecule has 0 unspecified atom stereocenters. The monoisotopic (exact) mass is 513 g/mol. The Morgan fingerprint density at radius 3 is 2.36 bits per heavy atom. The van der Waals surface area contributed by atoms with Crippen molar-refractivity contribution < 1.29 is 15.3 Å². The first kappa shape index (κ1) is 26.7. The Labute approximate surface area is 217 Å². The first-order chi connectivity index (χ1) is 16.8. The summed E-state index contributed by atoms with van der Waals surface area (Å²) in [6.45, 7) is 15.4. The molecule has 2 aromatic heterocycles. The summed E-state index contributed by atoms with van der Waals surface area (Å²) < 4.78 is 1.08. The van der Waals surface area contributed by atoms with Gasteiger partial charge in [-0.2, -0.15) is 4.98 Å². The van der Waals surface area contributed by atoms with Crippen LogP contribution in [0.4, 0.5) is 11.8 Å². The molecule has 0 bridgehead atoms. The van der Waals surface area contributed by atoms with E-state index >= 15 is 0 Å². The number of nitrogens with one attached hydrogen (secondary N) is 2. The standard InChI is InChI=1S/C27H39N5O3S/c1-14-20(24-31-17-11-16(27(5,6)7)8-9-19(17)36-24)23(32-25(29-14)28-13-26(2,3)4)30-18-10-15(12-33)21(34)22(18)35/h8-9,11,15,18,21-22,33-35H,10,12-13H2,1-7H3,(H2,28,29,30,32)/t15-,18-,21-,22+/m1/s1. The molecule has 4 atom stereocenters. The Morgan fingerprint density at radius 2 is 1.75 bits per heavy atom. The molecule has 0 aliphatic heterocycles. The van der Waals surface area contributed by atoms with Gasteiger partial charge in [-0.05, 0) is 41.9 Å². The fourth-order valence-electron chi connectivity index (χ4n) is 4.48. The maximum atomic E-state index is 10.7. The van der Waals surface area contributed by atoms with Crippen molar-refractivity contribution >= 4 is 33.3 Å². The first-order valence-electron chi connectivity index (χ1n) is 12.5. The number of hydrogen-bond donors (Lipinski definition) is 5. The lowest BCUT2D eigenvalue weighted by molar-refractivity contribution is 0.00446. The Kier molecular flexibility index (Phi) is 7.31. The second-order valence-corrected chi connectivity index (χ2v) is 13.2. The zero-order valence-electron chi connectivity index (χ0n) is 22.3. The van der Waals surface area contributed by atoms with E-state index in [1.165, 1.54) is 5.56 Å². The highest BCUT2D eigenvalue weighted by Gasteiger charge is 2.41. The van der Waals surface area contributed by atoms with Crippen molar-refractivity contribution in [1.82, 2.24) is 15.0 Å². The Morgan fingerprint density at radius 1 is 1.03 bits per heavy atom. The second kappa shape index (κ2) is 9.85. The van der Waals surface area contributed by atoms with Crippen LogP contribution in [-0.4, -0.2) is 61.7 Å². The van der Waals surface area contributed by atoms with E-state index in [1.54, 1.807) is 11.3 Å². The van der Waals surface area contributed by atoms with Gasteiger partial charge in [-0.25, -0.2) is 9.97 Å². The van der Waals surface area contributed by atoms with E-state index in [0.717, 1.165) is 26.5 Å². The van der Waals surface area contributed by atoms with Crippen molar-refractivity contribution in [2.24, 2.45) is 11.3 Å². The van der Waals surface area contributed by atoms with Gasteiger partial charge < -0.3 is 26.0 Å². The molecule has 2 heterocycles. The molecule has 1 aromatic carbocycles. The normalized spacial score (nSPS) is 22.8. The van der Waals surface area contributed by atoms with Gasteiger partial charge in [-0.1, -0.05) is 47.6 Å². The molecule has 8 nitrogen and oxygen atoms in total. The number of aliphatic hydroxyl groups is 3. The highest BCUT2D eigenvalue weighted by Crippen LogP contribution is 2.39. The van der Waals surface area contributed by atoms with Crippen molar-refractivity contribution in [3.63, 3.8) is 0 Å². The fraction of sp³-hybridized carbons (Fsp3) is 0.593. The number of anilines is 2. The summed E-state index contributed by atoms with van der Waals surface area (Å²) in [7, 11) is 0. The van der Waals surface area contributed by atoms with Crippen LogP contribution >= 0.6 is 11.3 Å². The number of nitrogens with zero attached hydrogens (tertiary/aromatic N) is 3. The molecule has 1 aliphatic carbocycles. The summed E-state index contributed by atoms with van der Waals surface area (Å²) in [5.74, 6) is 0.668. The molecule has 0 spiro atoms. The van der Waals surface area contributed by atoms with Gasteiger partial charge in [-0.15, -0.1) is 11.3 Å². The zero-order valence-corrected chi connectivity index (χ0v) is 23.1. The number of hydrogen-bond acceptors (Lipinski definition) is 9. The summed E-state index contributed by atoms with van der Waals surface area (Å²) >= 11 is 1.58. The van der Waals surface area contributed by atoms with Crippen LogP contribution in [0.15, 0.2) is 18.2 Å². The van der Waals surface area contributed by atoms with Crippen LogP contribution in [0.5, 0.6) is 0 Å². The molecular formula is C27H39N5O3S. The van der Waals surface area contributed by atoms with Crippen molar-refractivity contribution in [3.05, 3.63) is 29.5 Å². The number of aliphatic hydroxyl groups excluding tert-OH is 3. The van der Waals surface area contributed by atoms with Crippen LogP contribution in [0, 0.1) is 18.3 Å². The molecule has 0 radical (unpaired) electrons. The highest BCUT2D eigenvalue weighted by molar-refractivity contribution is 7.21. The second-order valence-electron chi connectivity index (χ2n) is 12.1. The molecule has 4 rings (SSSR count). The fourth-order valence-corrected chi connectivity index (χ4v) is 5.53. The summed E-state index contributed by atoms with van der Waals surface area (Å²) in [6.07, 6.45) is -1.57. The lowest BCUT2D eigenvalue weighted by Gasteiger charge is -2.22. The summed E-state index contributed by atoms with van der Waals surface area (Å²) in [4.78, 5) is 14.5. The van der Waals surface area contributed by atoms with Gasteiger partial charge in [0.05, 0.1) is 33.6 Å². The highest BCUT2D eigenvalue weighted by atomic mass is 32.1. The Bertz CT molecular complexity index is 1230. The van der Waals surface area contributed by atoms with E-state index < -0.39 is 18.2 Å². The molecule has 9 heteroatoms. The molecule has 1 fully saturated rings. The topological polar surface area (TPSA) is 123 Å². The largest absolute Gasteiger partial charge is 0.396 e. The third-order valence-electron chi connectivity index (χ3n) is 6.69. The number of rotatable bonds is 6. The SMILES string of the molecule is Cc1nc(NCC(C)(C)C)nc(N[C@@H]2C[C@H](CO)[C@@H](O)[C@H]2O)c1-c1nc2cc(C(C)(C)C)ccc2s1. The number of benzene rings is 1. The van der Waals surface area contributed by atoms with Gasteiger partial charge in [0, 0.05) is 19.1 Å². The molecular weight excluding hydrogens is 474 g/mol. The number of aromatic nitrogens is 3. The van der Waals surface area contributed by atoms with Crippen LogP contribution < -0.4 is 10.6 Å². The summed E-state index contributed by atoms with van der Waals surface area (Å²) in [5, 5.41) is 38.1. The number of thiazole rings is 1. The van der Waals surface area contributed by atoms with Gasteiger partial charge >= 0.3 is 0 Å². The van der Waals surface area contributed by atoms with Crippen molar-refractivity contribution in [1.29, 1.82) is 0 Å². The Hall–Kier alpha value is -2.33. The zero-order chi connectivity index (χ0) is 26.4. The van der Waals surface area contributed by atoms with E-state index in [0.29, 0.717) is 24.7 Å². The molecule has 5 N–H and O–H groups in total. The van der Waals surface area contributed by atoms with Crippen LogP contribution in [0.3, 0.4) is 0 Å². The van der Waals surface area contributed by atoms with E-state index in [4.69, 9.17) is 15.0 Å². The molecule has 1 aliphatic rings. The van der Waals surface area contributed by atoms with Gasteiger partial charge in [0.1, 0.15) is 16.9 Å². The molecule has 1 saturated carbocycles. The van der Waals surface area contributed by atoms with Crippen molar-refractivity contribution in [3.8, 4) is 10.6 Å². The first-order valence-corrected chi connectivity index (χ1v) is 13.4. The number of aryl methyl sites for hydroxylation is 1. The smallest absolute Gasteiger partial charge is 0.224 e. The van der Waals surface area contributed by atoms with E-state index in [2.05, 4.69) is 70.4 Å². The summed E-state index contributed by atoms with van der Waals surface area (Å²) in [6, 6.07) is 5.95. The predicted octanol–water partition coefficient (Wildman–Crippen LogP) is 4.33. The van der Waals surface area contributed by atoms with Crippen LogP contribution in [-0.2, 0) is 5.41 Å². The minimum absolute atomic E-state index is 0.0206. The van der Waals surface area contributed by atoms with Gasteiger partial charge in [0.15, 0.2) is 0 Å². The van der Waals surface area contributed by atoms with E-state index in [-0.39, 0.29) is 23.4 Å². The molecule has 0 saturated heterocycles. The van der Waals surface area contributed by atoms with Crippen LogP contribution in [0.2, 0.25) is 0 Å². The van der Waals surface area contributed by atoms with E-state index in [1.807, 2.05) is 6.92 Å². The van der Waals surface area contributed by atoms with Gasteiger partial charge in [0.25, 0.3) is 0 Å². The molecule has 196 valence electrons. The average Bonchev–Trinajstić information content (AvgIpc) is 3.31. The average molecular weight is 514 g/mol. The van der Waals surface area contributed by atoms with Gasteiger partial charge in [0.2, 0.25) is 5.95 Å². The Balaban J connectivity index is 1.77. The third kappa shape index (κ3) is 5.64. The molecule has 36 heavy (non-hydrogen) atoms. The molecule has 3 aromatic rings. The van der Waals surface area contributed by atoms with E-state index in [9.17, 15) is 15.3 Å². The van der Waals surface area contributed by atoms with Gasteiger partial charge in [-0.3, -0.25) is 0 Å². The maximum absolute atomic E-state index is 10.7. The number of fused-ring (bicyclic) bond motifs is 1. The maximum Gasteiger partial charge on any atom is 0.224 e. The van der Waals surface area contributed by atoms with Crippen LogP contribution in [0.25, 0.3) is 20.8 Å². The quantitative estimate of drug-likeness (QED) is 0.330. The summed E-state index contributed by atoms with van der Waals surface area (Å²) in [5.41, 5.74) is 3.76. The minimum atomic E-state index is -1.01. The lowest BCUT2D eigenvalue weighted by Crippen LogP contribution is -2.36. The minimum Gasteiger partial charge on any atom is -0.396 e. The lowest BCUT2D eigenvalue weighted by atomic mass is 9.87. The van der Waals surface area contributed by atoms with Crippen molar-refractivity contribution in [2.75, 3.05) is 23.8 Å².